The van der Waals surface area contributed by atoms with Gasteiger partial charge in [-0.2, -0.15) is 0 Å². The number of nitrogens with one attached hydrogen (secondary N) is 1. The van der Waals surface area contributed by atoms with E-state index in [1.54, 1.807) is 7.11 Å². The number of aliphatic carboxylic acids is 1. The molecule has 0 heterocycles. The van der Waals surface area contributed by atoms with Crippen molar-refractivity contribution >= 4 is 5.97 Å². The van der Waals surface area contributed by atoms with E-state index >= 15 is 0 Å². The van der Waals surface area contributed by atoms with Crippen molar-refractivity contribution in [3.05, 3.63) is 0 Å². The van der Waals surface area contributed by atoms with E-state index in [1.807, 2.05) is 0 Å². The molecule has 0 spiro atoms. The first-order chi connectivity index (χ1) is 8.48. The molecule has 0 aromatic heterocycles. The largest absolute Gasteiger partial charge is 0.481 e. The predicted octanol–water partition coefficient (Wildman–Crippen LogP) is 1.52. The average molecular weight is 261 g/mol. The first kappa shape index (κ1) is 17.4. The molecule has 0 rings (SSSR count). The van der Waals surface area contributed by atoms with E-state index in [1.165, 1.54) is 0 Å². The van der Waals surface area contributed by atoms with Crippen LogP contribution in [0.15, 0.2) is 0 Å². The van der Waals surface area contributed by atoms with Crippen molar-refractivity contribution in [2.45, 2.75) is 33.1 Å². The van der Waals surface area contributed by atoms with E-state index in [0.717, 1.165) is 19.5 Å². The van der Waals surface area contributed by atoms with Crippen LogP contribution in [0.25, 0.3) is 0 Å². The molecule has 0 aromatic rings. The van der Waals surface area contributed by atoms with Crippen molar-refractivity contribution in [3.8, 4) is 0 Å². The maximum absolute atomic E-state index is 10.5. The third-order valence-corrected chi connectivity index (χ3v) is 2.85. The Labute approximate surface area is 110 Å². The summed E-state index contributed by atoms with van der Waals surface area (Å²) < 4.78 is 10.2. The van der Waals surface area contributed by atoms with Gasteiger partial charge >= 0.3 is 5.97 Å². The molecule has 18 heavy (non-hydrogen) atoms. The molecule has 0 aliphatic heterocycles. The molecular formula is C13H27NO4. The first-order valence-corrected chi connectivity index (χ1v) is 6.47. The Morgan fingerprint density at radius 2 is 1.89 bits per heavy atom. The van der Waals surface area contributed by atoms with Gasteiger partial charge in [0.25, 0.3) is 0 Å². The van der Waals surface area contributed by atoms with Crippen LogP contribution in [0.3, 0.4) is 0 Å². The van der Waals surface area contributed by atoms with Gasteiger partial charge in [0.05, 0.1) is 19.8 Å². The maximum atomic E-state index is 10.5. The number of hydrogen-bond donors (Lipinski definition) is 2. The number of rotatable bonds is 12. The van der Waals surface area contributed by atoms with E-state index in [4.69, 9.17) is 14.6 Å². The summed E-state index contributed by atoms with van der Waals surface area (Å²) in [6.07, 6.45) is 1.93. The Morgan fingerprint density at radius 3 is 2.50 bits per heavy atom. The van der Waals surface area contributed by atoms with E-state index in [0.29, 0.717) is 26.2 Å². The average Bonchev–Trinajstić information content (AvgIpc) is 2.30. The number of methoxy groups -OCH3 is 1. The second-order valence-corrected chi connectivity index (χ2v) is 5.16. The molecule has 0 aliphatic rings. The Bertz CT molecular complexity index is 219. The lowest BCUT2D eigenvalue weighted by Gasteiger charge is -2.23. The normalized spacial score (nSPS) is 11.7. The third kappa shape index (κ3) is 11.8. The van der Waals surface area contributed by atoms with Crippen molar-refractivity contribution in [3.63, 3.8) is 0 Å². The molecule has 0 unspecified atom stereocenters. The van der Waals surface area contributed by atoms with Crippen molar-refractivity contribution < 1.29 is 19.4 Å². The summed E-state index contributed by atoms with van der Waals surface area (Å²) in [4.78, 5) is 10.5. The van der Waals surface area contributed by atoms with E-state index in [2.05, 4.69) is 19.2 Å². The fourth-order valence-corrected chi connectivity index (χ4v) is 1.51. The second kappa shape index (κ2) is 10.3. The standard InChI is InChI=1S/C13H27NO4/c1-13(2,5-4-12(15)16)6-7-14-8-9-18-11-10-17-3/h14H,4-11H2,1-3H3,(H,15,16). The summed E-state index contributed by atoms with van der Waals surface area (Å²) in [7, 11) is 1.65. The van der Waals surface area contributed by atoms with Crippen molar-refractivity contribution in [1.29, 1.82) is 0 Å². The van der Waals surface area contributed by atoms with E-state index in [-0.39, 0.29) is 11.8 Å². The smallest absolute Gasteiger partial charge is 0.303 e. The minimum absolute atomic E-state index is 0.0717. The molecule has 0 radical (unpaired) electrons. The molecule has 0 atom stereocenters. The van der Waals surface area contributed by atoms with Gasteiger partial charge in [0.1, 0.15) is 0 Å². The van der Waals surface area contributed by atoms with Crippen LogP contribution in [-0.4, -0.2) is 51.1 Å². The molecule has 0 fully saturated rings. The Kier molecular flexibility index (Phi) is 9.92. The summed E-state index contributed by atoms with van der Waals surface area (Å²) in [5.41, 5.74) is 0.0717. The maximum Gasteiger partial charge on any atom is 0.303 e. The highest BCUT2D eigenvalue weighted by Crippen LogP contribution is 2.25. The number of hydrogen-bond acceptors (Lipinski definition) is 4. The van der Waals surface area contributed by atoms with Gasteiger partial charge in [-0.3, -0.25) is 4.79 Å². The molecule has 0 amide bonds. The topological polar surface area (TPSA) is 67.8 Å². The van der Waals surface area contributed by atoms with Gasteiger partial charge in [-0.15, -0.1) is 0 Å². The molecule has 0 bridgehead atoms. The van der Waals surface area contributed by atoms with Crippen LogP contribution in [-0.2, 0) is 14.3 Å². The first-order valence-electron chi connectivity index (χ1n) is 6.47. The van der Waals surface area contributed by atoms with E-state index < -0.39 is 5.97 Å². The fraction of sp³-hybridized carbons (Fsp3) is 0.923. The van der Waals surface area contributed by atoms with Gasteiger partial charge < -0.3 is 19.9 Å². The zero-order valence-corrected chi connectivity index (χ0v) is 11.8. The van der Waals surface area contributed by atoms with E-state index in [9.17, 15) is 4.79 Å². The van der Waals surface area contributed by atoms with Crippen LogP contribution >= 0.6 is 0 Å². The lowest BCUT2D eigenvalue weighted by molar-refractivity contribution is -0.137. The van der Waals surface area contributed by atoms with Gasteiger partial charge in [0.15, 0.2) is 0 Å². The minimum Gasteiger partial charge on any atom is -0.481 e. The van der Waals surface area contributed by atoms with Crippen LogP contribution in [0.2, 0.25) is 0 Å². The third-order valence-electron chi connectivity index (χ3n) is 2.85. The van der Waals surface area contributed by atoms with Crippen LogP contribution in [0, 0.1) is 5.41 Å². The molecule has 2 N–H and O–H groups in total. The highest BCUT2D eigenvalue weighted by Gasteiger charge is 2.18. The SMILES string of the molecule is COCCOCCNCCC(C)(C)CCC(=O)O. The van der Waals surface area contributed by atoms with Crippen LogP contribution in [0.4, 0.5) is 0 Å². The second-order valence-electron chi connectivity index (χ2n) is 5.16. The Balaban J connectivity index is 3.38. The molecule has 0 aliphatic carbocycles. The van der Waals surface area contributed by atoms with Crippen molar-refractivity contribution in [2.24, 2.45) is 5.41 Å². The Morgan fingerprint density at radius 1 is 1.17 bits per heavy atom. The number of carboxylic acid groups (broad SMARTS) is 1. The quantitative estimate of drug-likeness (QED) is 0.521. The summed E-state index contributed by atoms with van der Waals surface area (Å²) in [6.45, 7) is 7.85. The molecule has 0 saturated heterocycles. The van der Waals surface area contributed by atoms with Gasteiger partial charge in [-0.1, -0.05) is 13.8 Å². The molecule has 108 valence electrons. The molecule has 0 aromatic carbocycles. The summed E-state index contributed by atoms with van der Waals surface area (Å²) in [6, 6.07) is 0. The molecule has 5 heteroatoms. The summed E-state index contributed by atoms with van der Waals surface area (Å²) >= 11 is 0. The highest BCUT2D eigenvalue weighted by atomic mass is 16.5. The van der Waals surface area contributed by atoms with Crippen LogP contribution < -0.4 is 5.32 Å². The summed E-state index contributed by atoms with van der Waals surface area (Å²) in [5, 5.41) is 11.9. The molecule has 5 nitrogen and oxygen atoms in total. The van der Waals surface area contributed by atoms with Gasteiger partial charge in [-0.25, -0.2) is 0 Å². The summed E-state index contributed by atoms with van der Waals surface area (Å²) in [5.74, 6) is -0.720. The fourth-order valence-electron chi connectivity index (χ4n) is 1.51. The molecule has 0 saturated carbocycles. The lowest BCUT2D eigenvalue weighted by atomic mass is 9.84. The highest BCUT2D eigenvalue weighted by molar-refractivity contribution is 5.66. The molecular weight excluding hydrogens is 234 g/mol. The number of ether oxygens (including phenoxy) is 2. The van der Waals surface area contributed by atoms with Gasteiger partial charge in [0, 0.05) is 20.1 Å². The van der Waals surface area contributed by atoms with Crippen LogP contribution in [0.5, 0.6) is 0 Å². The van der Waals surface area contributed by atoms with Crippen molar-refractivity contribution in [2.75, 3.05) is 40.0 Å². The lowest BCUT2D eigenvalue weighted by Crippen LogP contribution is -2.26. The zero-order valence-electron chi connectivity index (χ0n) is 11.8. The Hall–Kier alpha value is -0.650. The van der Waals surface area contributed by atoms with Crippen molar-refractivity contribution in [1.82, 2.24) is 5.32 Å². The predicted molar refractivity (Wildman–Crippen MR) is 70.8 cm³/mol. The minimum atomic E-state index is -0.720. The van der Waals surface area contributed by atoms with Crippen LogP contribution in [0.1, 0.15) is 33.1 Å². The van der Waals surface area contributed by atoms with Gasteiger partial charge in [0.2, 0.25) is 0 Å². The number of carbonyl (C=O) groups is 1. The van der Waals surface area contributed by atoms with Gasteiger partial charge in [-0.05, 0) is 24.8 Å². The monoisotopic (exact) mass is 261 g/mol. The zero-order chi connectivity index (χ0) is 13.9. The number of carboxylic acids is 1.